The van der Waals surface area contributed by atoms with Crippen LogP contribution in [0.25, 0.3) is 0 Å². The fourth-order valence-corrected chi connectivity index (χ4v) is 1.70. The number of halogens is 3. The van der Waals surface area contributed by atoms with Crippen molar-refractivity contribution in [1.29, 1.82) is 0 Å². The molecular formula is C14H20F3N3O. The van der Waals surface area contributed by atoms with E-state index in [1.165, 1.54) is 6.07 Å². The Morgan fingerprint density at radius 3 is 2.14 bits per heavy atom. The summed E-state index contributed by atoms with van der Waals surface area (Å²) in [6.07, 6.45) is -4.46. The SMILES string of the molecule is CN(C)c1ccc(C(F)(F)F)cc1NC(=O)NC(C)(C)C. The molecule has 2 amide bonds. The van der Waals surface area contributed by atoms with Gasteiger partial charge in [-0.25, -0.2) is 4.79 Å². The molecule has 1 aromatic rings. The molecule has 1 rings (SSSR count). The maximum absolute atomic E-state index is 12.8. The predicted octanol–water partition coefficient (Wildman–Crippen LogP) is 3.69. The number of urea groups is 1. The van der Waals surface area contributed by atoms with E-state index < -0.39 is 23.3 Å². The number of rotatable bonds is 2. The molecule has 7 heteroatoms. The molecule has 0 bridgehead atoms. The molecular weight excluding hydrogens is 283 g/mol. The van der Waals surface area contributed by atoms with E-state index in [0.29, 0.717) is 5.69 Å². The van der Waals surface area contributed by atoms with Crippen LogP contribution in [0.2, 0.25) is 0 Å². The van der Waals surface area contributed by atoms with Gasteiger partial charge in [0.15, 0.2) is 0 Å². The summed E-state index contributed by atoms with van der Waals surface area (Å²) >= 11 is 0. The van der Waals surface area contributed by atoms with Gasteiger partial charge in [0.25, 0.3) is 0 Å². The topological polar surface area (TPSA) is 44.4 Å². The van der Waals surface area contributed by atoms with Gasteiger partial charge in [0.1, 0.15) is 0 Å². The molecule has 0 aliphatic rings. The summed E-state index contributed by atoms with van der Waals surface area (Å²) in [6.45, 7) is 5.35. The summed E-state index contributed by atoms with van der Waals surface area (Å²) in [5, 5.41) is 5.11. The smallest absolute Gasteiger partial charge is 0.376 e. The van der Waals surface area contributed by atoms with E-state index >= 15 is 0 Å². The first-order valence-corrected chi connectivity index (χ1v) is 6.38. The summed E-state index contributed by atoms with van der Waals surface area (Å²) in [7, 11) is 3.38. The fraction of sp³-hybridized carbons (Fsp3) is 0.500. The van der Waals surface area contributed by atoms with Crippen molar-refractivity contribution in [2.75, 3.05) is 24.3 Å². The van der Waals surface area contributed by atoms with Crippen molar-refractivity contribution in [3.8, 4) is 0 Å². The van der Waals surface area contributed by atoms with Crippen molar-refractivity contribution >= 4 is 17.4 Å². The molecule has 0 heterocycles. The van der Waals surface area contributed by atoms with E-state index in [1.54, 1.807) is 39.8 Å². The Hall–Kier alpha value is -1.92. The highest BCUT2D eigenvalue weighted by molar-refractivity contribution is 5.93. The van der Waals surface area contributed by atoms with E-state index in [9.17, 15) is 18.0 Å². The molecule has 4 nitrogen and oxygen atoms in total. The molecule has 0 aliphatic carbocycles. The van der Waals surface area contributed by atoms with E-state index in [1.807, 2.05) is 0 Å². The van der Waals surface area contributed by atoms with Crippen LogP contribution in [0.1, 0.15) is 26.3 Å². The quantitative estimate of drug-likeness (QED) is 0.875. The van der Waals surface area contributed by atoms with Crippen LogP contribution in [0, 0.1) is 0 Å². The number of hydrogen-bond acceptors (Lipinski definition) is 2. The molecule has 0 saturated carbocycles. The largest absolute Gasteiger partial charge is 0.416 e. The van der Waals surface area contributed by atoms with Crippen molar-refractivity contribution < 1.29 is 18.0 Å². The number of nitrogens with one attached hydrogen (secondary N) is 2. The summed E-state index contributed by atoms with van der Waals surface area (Å²) < 4.78 is 38.3. The number of nitrogens with zero attached hydrogens (tertiary/aromatic N) is 1. The highest BCUT2D eigenvalue weighted by Crippen LogP contribution is 2.34. The minimum Gasteiger partial charge on any atom is -0.376 e. The minimum absolute atomic E-state index is 0.108. The number of hydrogen-bond donors (Lipinski definition) is 2. The molecule has 0 aliphatic heterocycles. The highest BCUT2D eigenvalue weighted by Gasteiger charge is 2.31. The van der Waals surface area contributed by atoms with Gasteiger partial charge in [0.05, 0.1) is 16.9 Å². The van der Waals surface area contributed by atoms with Crippen LogP contribution in [0.15, 0.2) is 18.2 Å². The lowest BCUT2D eigenvalue weighted by Gasteiger charge is -2.23. The standard InChI is InChI=1S/C14H20F3N3O/c1-13(2,3)19-12(21)18-10-8-9(14(15,16)17)6-7-11(10)20(4)5/h6-8H,1-5H3,(H2,18,19,21). The molecule has 0 aromatic heterocycles. The zero-order valence-corrected chi connectivity index (χ0v) is 12.7. The van der Waals surface area contributed by atoms with Gasteiger partial charge < -0.3 is 15.5 Å². The van der Waals surface area contributed by atoms with Crippen molar-refractivity contribution in [3.63, 3.8) is 0 Å². The lowest BCUT2D eigenvalue weighted by atomic mass is 10.1. The van der Waals surface area contributed by atoms with E-state index in [0.717, 1.165) is 12.1 Å². The number of carbonyl (C=O) groups is 1. The van der Waals surface area contributed by atoms with Gasteiger partial charge in [-0.3, -0.25) is 0 Å². The van der Waals surface area contributed by atoms with Gasteiger partial charge in [-0.05, 0) is 39.0 Å². The van der Waals surface area contributed by atoms with Crippen LogP contribution in [0.5, 0.6) is 0 Å². The number of alkyl halides is 3. The lowest BCUT2D eigenvalue weighted by Crippen LogP contribution is -2.43. The Morgan fingerprint density at radius 2 is 1.71 bits per heavy atom. The Kier molecular flexibility index (Phi) is 4.76. The molecule has 118 valence electrons. The number of benzene rings is 1. The summed E-state index contributed by atoms with van der Waals surface area (Å²) in [6, 6.07) is 2.69. The molecule has 0 radical (unpaired) electrons. The maximum atomic E-state index is 12.8. The third-order valence-electron chi connectivity index (χ3n) is 2.54. The summed E-state index contributed by atoms with van der Waals surface area (Å²) in [5.74, 6) is 0. The number of anilines is 2. The van der Waals surface area contributed by atoms with Gasteiger partial charge in [-0.1, -0.05) is 0 Å². The third-order valence-corrected chi connectivity index (χ3v) is 2.54. The van der Waals surface area contributed by atoms with E-state index in [2.05, 4.69) is 10.6 Å². The van der Waals surface area contributed by atoms with Crippen LogP contribution < -0.4 is 15.5 Å². The first kappa shape index (κ1) is 17.1. The summed E-state index contributed by atoms with van der Waals surface area (Å²) in [4.78, 5) is 13.5. The Bertz CT molecular complexity index is 519. The zero-order chi connectivity index (χ0) is 16.4. The van der Waals surface area contributed by atoms with Gasteiger partial charge in [-0.2, -0.15) is 13.2 Å². The molecule has 0 unspecified atom stereocenters. The van der Waals surface area contributed by atoms with Crippen LogP contribution in [0.4, 0.5) is 29.3 Å². The van der Waals surface area contributed by atoms with Gasteiger partial charge in [0, 0.05) is 19.6 Å². The second kappa shape index (κ2) is 5.83. The normalized spacial score (nSPS) is 12.0. The van der Waals surface area contributed by atoms with E-state index in [4.69, 9.17) is 0 Å². The van der Waals surface area contributed by atoms with Crippen LogP contribution in [0.3, 0.4) is 0 Å². The van der Waals surface area contributed by atoms with Crippen LogP contribution in [-0.4, -0.2) is 25.7 Å². The second-order valence-corrected chi connectivity index (χ2v) is 5.95. The molecule has 0 fully saturated rings. The number of carbonyl (C=O) groups excluding carboxylic acids is 1. The first-order chi connectivity index (χ1) is 9.40. The van der Waals surface area contributed by atoms with Gasteiger partial charge >= 0.3 is 12.2 Å². The zero-order valence-electron chi connectivity index (χ0n) is 12.7. The second-order valence-electron chi connectivity index (χ2n) is 5.95. The lowest BCUT2D eigenvalue weighted by molar-refractivity contribution is -0.137. The molecule has 1 aromatic carbocycles. The van der Waals surface area contributed by atoms with Gasteiger partial charge in [0.2, 0.25) is 0 Å². The van der Waals surface area contributed by atoms with Crippen LogP contribution >= 0.6 is 0 Å². The third kappa shape index (κ3) is 5.17. The van der Waals surface area contributed by atoms with Crippen molar-refractivity contribution in [1.82, 2.24) is 5.32 Å². The van der Waals surface area contributed by atoms with E-state index in [-0.39, 0.29) is 5.69 Å². The van der Waals surface area contributed by atoms with Crippen LogP contribution in [-0.2, 0) is 6.18 Å². The predicted molar refractivity (Wildman–Crippen MR) is 77.7 cm³/mol. The average molecular weight is 303 g/mol. The van der Waals surface area contributed by atoms with Crippen molar-refractivity contribution in [2.45, 2.75) is 32.5 Å². The fourth-order valence-electron chi connectivity index (χ4n) is 1.70. The number of amides is 2. The maximum Gasteiger partial charge on any atom is 0.416 e. The molecule has 0 spiro atoms. The molecule has 21 heavy (non-hydrogen) atoms. The van der Waals surface area contributed by atoms with Crippen molar-refractivity contribution in [2.24, 2.45) is 0 Å². The van der Waals surface area contributed by atoms with Crippen molar-refractivity contribution in [3.05, 3.63) is 23.8 Å². The minimum atomic E-state index is -4.46. The monoisotopic (exact) mass is 303 g/mol. The Balaban J connectivity index is 3.10. The molecule has 0 atom stereocenters. The Labute approximate surface area is 122 Å². The Morgan fingerprint density at radius 1 is 1.14 bits per heavy atom. The highest BCUT2D eigenvalue weighted by atomic mass is 19.4. The average Bonchev–Trinajstić information content (AvgIpc) is 2.24. The summed E-state index contributed by atoms with van der Waals surface area (Å²) in [5.41, 5.74) is -0.688. The van der Waals surface area contributed by atoms with Gasteiger partial charge in [-0.15, -0.1) is 0 Å². The molecule has 2 N–H and O–H groups in total. The molecule has 0 saturated heterocycles. The first-order valence-electron chi connectivity index (χ1n) is 6.38.